The minimum Gasteiger partial charge on any atom is -0.325 e. The maximum absolute atomic E-state index is 13.3. The number of hydrogen-bond acceptors (Lipinski definition) is 5. The van der Waals surface area contributed by atoms with Gasteiger partial charge in [-0.25, -0.2) is 9.37 Å². The minimum absolute atomic E-state index is 0.159. The van der Waals surface area contributed by atoms with Crippen LogP contribution in [0.5, 0.6) is 0 Å². The summed E-state index contributed by atoms with van der Waals surface area (Å²) in [7, 11) is 0. The molecule has 0 unspecified atom stereocenters. The van der Waals surface area contributed by atoms with Gasteiger partial charge in [0.15, 0.2) is 5.16 Å². The molecule has 0 spiro atoms. The maximum atomic E-state index is 13.3. The first-order valence-electron chi connectivity index (χ1n) is 9.09. The quantitative estimate of drug-likeness (QED) is 0.239. The Balaban J connectivity index is 1.63. The summed E-state index contributed by atoms with van der Waals surface area (Å²) in [6, 6.07) is 11.5. The topological polar surface area (TPSA) is 64.0 Å². The first-order valence-corrected chi connectivity index (χ1v) is 11.0. The Morgan fingerprint density at radius 2 is 1.81 bits per heavy atom. The van der Waals surface area contributed by atoms with E-state index in [0.717, 1.165) is 23.9 Å². The number of amides is 1. The van der Waals surface area contributed by atoms with Crippen molar-refractivity contribution >= 4 is 44.9 Å². The number of carbonyl (C=O) groups is 1. The van der Waals surface area contributed by atoms with Gasteiger partial charge in [-0.15, -0.1) is 11.3 Å². The van der Waals surface area contributed by atoms with Crippen LogP contribution in [-0.2, 0) is 11.0 Å². The van der Waals surface area contributed by atoms with E-state index in [1.807, 2.05) is 0 Å². The number of benzene rings is 2. The molecule has 11 heteroatoms. The molecule has 0 aliphatic carbocycles. The van der Waals surface area contributed by atoms with Crippen molar-refractivity contribution in [2.24, 2.45) is 0 Å². The summed E-state index contributed by atoms with van der Waals surface area (Å²) in [6.45, 7) is 0. The van der Waals surface area contributed by atoms with Crippen molar-refractivity contribution in [1.29, 1.82) is 0 Å². The molecule has 2 aromatic heterocycles. The van der Waals surface area contributed by atoms with E-state index in [1.165, 1.54) is 52.3 Å². The molecule has 32 heavy (non-hydrogen) atoms. The molecular formula is C21H13F4N3O2S2. The van der Waals surface area contributed by atoms with Crippen LogP contribution in [0.2, 0.25) is 0 Å². The second-order valence-corrected chi connectivity index (χ2v) is 8.39. The lowest BCUT2D eigenvalue weighted by atomic mass is 10.1. The number of anilines is 1. The number of thioether (sulfide) groups is 1. The number of nitrogens with zero attached hydrogens (tertiary/aromatic N) is 2. The van der Waals surface area contributed by atoms with Crippen LogP contribution in [0.15, 0.2) is 69.9 Å². The van der Waals surface area contributed by atoms with Crippen LogP contribution in [0.25, 0.3) is 15.9 Å². The molecule has 4 aromatic rings. The number of carbonyl (C=O) groups excluding carboxylic acids is 1. The predicted molar refractivity (Wildman–Crippen MR) is 116 cm³/mol. The number of halogens is 4. The van der Waals surface area contributed by atoms with Crippen LogP contribution in [0, 0.1) is 5.82 Å². The van der Waals surface area contributed by atoms with Gasteiger partial charge in [-0.1, -0.05) is 23.9 Å². The van der Waals surface area contributed by atoms with E-state index in [2.05, 4.69) is 10.3 Å². The standard InChI is InChI=1S/C21H13F4N3O2S2/c22-12-5-7-13(8-6-12)28-19(30)18-16(9-10-31-18)27-20(28)32-11-17(29)26-15-4-2-1-3-14(15)21(23,24)25/h1-10H,11H2,(H,26,29). The molecule has 1 amide bonds. The molecule has 1 N–H and O–H groups in total. The highest BCUT2D eigenvalue weighted by Gasteiger charge is 2.33. The predicted octanol–water partition coefficient (Wildman–Crippen LogP) is 5.34. The highest BCUT2D eigenvalue weighted by Crippen LogP contribution is 2.34. The van der Waals surface area contributed by atoms with E-state index < -0.39 is 23.5 Å². The van der Waals surface area contributed by atoms with E-state index in [1.54, 1.807) is 11.4 Å². The third kappa shape index (κ3) is 4.53. The van der Waals surface area contributed by atoms with Gasteiger partial charge in [-0.3, -0.25) is 14.2 Å². The summed E-state index contributed by atoms with van der Waals surface area (Å²) < 4.78 is 54.4. The fourth-order valence-electron chi connectivity index (χ4n) is 2.96. The average Bonchev–Trinajstić information content (AvgIpc) is 3.22. The van der Waals surface area contributed by atoms with Gasteiger partial charge in [0.25, 0.3) is 5.56 Å². The molecule has 0 saturated heterocycles. The largest absolute Gasteiger partial charge is 0.418 e. The molecule has 0 bridgehead atoms. The van der Waals surface area contributed by atoms with Crippen LogP contribution in [0.3, 0.4) is 0 Å². The summed E-state index contributed by atoms with van der Waals surface area (Å²) >= 11 is 2.09. The third-order valence-corrected chi connectivity index (χ3v) is 6.20. The summed E-state index contributed by atoms with van der Waals surface area (Å²) in [5, 5.41) is 4.12. The molecule has 2 heterocycles. The Kier molecular flexibility index (Phi) is 6.02. The highest BCUT2D eigenvalue weighted by molar-refractivity contribution is 7.99. The summed E-state index contributed by atoms with van der Waals surface area (Å²) in [5.41, 5.74) is -0.919. The Morgan fingerprint density at radius 1 is 1.09 bits per heavy atom. The van der Waals surface area contributed by atoms with Crippen LogP contribution in [0.4, 0.5) is 23.2 Å². The van der Waals surface area contributed by atoms with Gasteiger partial charge in [0.2, 0.25) is 5.91 Å². The third-order valence-electron chi connectivity index (χ3n) is 4.37. The number of nitrogens with one attached hydrogen (secondary N) is 1. The van der Waals surface area contributed by atoms with Crippen LogP contribution in [0.1, 0.15) is 5.56 Å². The van der Waals surface area contributed by atoms with Crippen molar-refractivity contribution in [1.82, 2.24) is 9.55 Å². The average molecular weight is 479 g/mol. The molecule has 5 nitrogen and oxygen atoms in total. The number of hydrogen-bond donors (Lipinski definition) is 1. The van der Waals surface area contributed by atoms with Gasteiger partial charge in [-0.05, 0) is 47.8 Å². The molecule has 4 rings (SSSR count). The second kappa shape index (κ2) is 8.75. The minimum atomic E-state index is -4.62. The van der Waals surface area contributed by atoms with Crippen molar-refractivity contribution in [3.05, 3.63) is 81.7 Å². The first-order chi connectivity index (χ1) is 15.2. The van der Waals surface area contributed by atoms with Crippen LogP contribution in [-0.4, -0.2) is 21.2 Å². The Morgan fingerprint density at radius 3 is 2.53 bits per heavy atom. The van der Waals surface area contributed by atoms with Crippen molar-refractivity contribution in [3.63, 3.8) is 0 Å². The van der Waals surface area contributed by atoms with E-state index in [4.69, 9.17) is 0 Å². The van der Waals surface area contributed by atoms with E-state index in [-0.39, 0.29) is 22.2 Å². The smallest absolute Gasteiger partial charge is 0.325 e. The number of aromatic nitrogens is 2. The molecule has 0 radical (unpaired) electrons. The molecule has 2 aromatic carbocycles. The number of rotatable bonds is 5. The van der Waals surface area contributed by atoms with Crippen molar-refractivity contribution < 1.29 is 22.4 Å². The Bertz CT molecular complexity index is 1350. The fourth-order valence-corrected chi connectivity index (χ4v) is 4.53. The fraction of sp³-hybridized carbons (Fsp3) is 0.0952. The zero-order valence-corrected chi connectivity index (χ0v) is 17.7. The lowest BCUT2D eigenvalue weighted by molar-refractivity contribution is -0.137. The summed E-state index contributed by atoms with van der Waals surface area (Å²) in [5.74, 6) is -1.48. The van der Waals surface area contributed by atoms with Crippen LogP contribution >= 0.6 is 23.1 Å². The van der Waals surface area contributed by atoms with Crippen molar-refractivity contribution in [2.45, 2.75) is 11.3 Å². The van der Waals surface area contributed by atoms with Crippen molar-refractivity contribution in [3.8, 4) is 5.69 Å². The molecule has 164 valence electrons. The molecule has 0 saturated carbocycles. The van der Waals surface area contributed by atoms with Gasteiger partial charge in [-0.2, -0.15) is 13.2 Å². The van der Waals surface area contributed by atoms with Gasteiger partial charge in [0.05, 0.1) is 28.2 Å². The second-order valence-electron chi connectivity index (χ2n) is 6.53. The maximum Gasteiger partial charge on any atom is 0.418 e. The number of alkyl halides is 3. The van der Waals surface area contributed by atoms with Gasteiger partial charge in [0.1, 0.15) is 10.5 Å². The highest BCUT2D eigenvalue weighted by atomic mass is 32.2. The zero-order chi connectivity index (χ0) is 22.9. The molecule has 0 aliphatic heterocycles. The number of fused-ring (bicyclic) bond motifs is 1. The Labute approximate surface area is 186 Å². The molecular weight excluding hydrogens is 466 g/mol. The van der Waals surface area contributed by atoms with Gasteiger partial charge in [0, 0.05) is 0 Å². The number of para-hydroxylation sites is 1. The van der Waals surface area contributed by atoms with Gasteiger partial charge < -0.3 is 5.32 Å². The number of thiophene rings is 1. The summed E-state index contributed by atoms with van der Waals surface area (Å²) in [6.07, 6.45) is -4.62. The van der Waals surface area contributed by atoms with E-state index >= 15 is 0 Å². The lowest BCUT2D eigenvalue weighted by Gasteiger charge is -2.14. The van der Waals surface area contributed by atoms with Crippen LogP contribution < -0.4 is 10.9 Å². The lowest BCUT2D eigenvalue weighted by Crippen LogP contribution is -2.22. The van der Waals surface area contributed by atoms with Crippen molar-refractivity contribution in [2.75, 3.05) is 11.1 Å². The normalized spacial score (nSPS) is 11.6. The van der Waals surface area contributed by atoms with E-state index in [0.29, 0.717) is 15.9 Å². The molecule has 0 atom stereocenters. The monoisotopic (exact) mass is 479 g/mol. The van der Waals surface area contributed by atoms with E-state index in [9.17, 15) is 27.2 Å². The molecule has 0 aliphatic rings. The first kappa shape index (κ1) is 22.0. The molecule has 0 fully saturated rings. The Hall–Kier alpha value is -3.18. The van der Waals surface area contributed by atoms with Gasteiger partial charge >= 0.3 is 6.18 Å². The SMILES string of the molecule is O=C(CSc1nc2ccsc2c(=O)n1-c1ccc(F)cc1)Nc1ccccc1C(F)(F)F. The zero-order valence-electron chi connectivity index (χ0n) is 16.0. The summed E-state index contributed by atoms with van der Waals surface area (Å²) in [4.78, 5) is 29.8.